The van der Waals surface area contributed by atoms with Crippen molar-refractivity contribution < 1.29 is 22.0 Å². The Morgan fingerprint density at radius 3 is 2.61 bits per heavy atom. The minimum absolute atomic E-state index is 0.0661. The van der Waals surface area contributed by atoms with Gasteiger partial charge in [0, 0.05) is 11.6 Å². The highest BCUT2D eigenvalue weighted by Gasteiger charge is 2.31. The number of nitrogens with zero attached hydrogens (tertiary/aromatic N) is 2. The first-order valence-corrected chi connectivity index (χ1v) is 5.09. The van der Waals surface area contributed by atoms with Crippen molar-refractivity contribution in [2.45, 2.75) is 19.4 Å². The van der Waals surface area contributed by atoms with Crippen molar-refractivity contribution in [2.75, 3.05) is 6.67 Å². The first kappa shape index (κ1) is 12.8. The average molecular weight is 264 g/mol. The van der Waals surface area contributed by atoms with Crippen LogP contribution in [0.3, 0.4) is 0 Å². The molecule has 0 saturated carbocycles. The molecule has 98 valence electrons. The molecule has 0 bridgehead atoms. The summed E-state index contributed by atoms with van der Waals surface area (Å²) < 4.78 is 65.5. The molecule has 0 atom stereocenters. The molecule has 0 saturated heterocycles. The molecule has 1 aromatic heterocycles. The summed E-state index contributed by atoms with van der Waals surface area (Å²) in [5.41, 5.74) is -0.331. The van der Waals surface area contributed by atoms with Gasteiger partial charge in [0.25, 0.3) is 5.92 Å². The molecule has 0 fully saturated rings. The minimum atomic E-state index is -3.61. The molecule has 7 heteroatoms. The fourth-order valence-electron chi connectivity index (χ4n) is 1.64. The highest BCUT2D eigenvalue weighted by Crippen LogP contribution is 2.25. The van der Waals surface area contributed by atoms with Gasteiger partial charge in [-0.25, -0.2) is 22.0 Å². The van der Waals surface area contributed by atoms with E-state index in [-0.39, 0.29) is 16.5 Å². The average Bonchev–Trinajstić information content (AvgIpc) is 2.69. The fraction of sp³-hybridized carbons (Fsp3) is 0.364. The van der Waals surface area contributed by atoms with E-state index in [9.17, 15) is 22.0 Å². The van der Waals surface area contributed by atoms with Crippen molar-refractivity contribution >= 4 is 10.9 Å². The molecule has 0 unspecified atom stereocenters. The van der Waals surface area contributed by atoms with Crippen molar-refractivity contribution in [1.29, 1.82) is 0 Å². The van der Waals surface area contributed by atoms with E-state index in [1.54, 1.807) is 0 Å². The Morgan fingerprint density at radius 1 is 1.33 bits per heavy atom. The number of rotatable bonds is 3. The minimum Gasteiger partial charge on any atom is -0.258 e. The molecule has 2 nitrogen and oxygen atoms in total. The van der Waals surface area contributed by atoms with Gasteiger partial charge in [0.1, 0.15) is 18.2 Å². The molecule has 18 heavy (non-hydrogen) atoms. The van der Waals surface area contributed by atoms with Gasteiger partial charge in [-0.3, -0.25) is 4.68 Å². The molecule has 0 aliphatic rings. The van der Waals surface area contributed by atoms with Gasteiger partial charge in [-0.05, 0) is 6.92 Å². The number of aromatic nitrogens is 2. The summed E-state index contributed by atoms with van der Waals surface area (Å²) >= 11 is 0. The molecule has 2 rings (SSSR count). The molecule has 0 aliphatic heterocycles. The topological polar surface area (TPSA) is 17.8 Å². The predicted molar refractivity (Wildman–Crippen MR) is 55.3 cm³/mol. The van der Waals surface area contributed by atoms with Crippen molar-refractivity contribution in [3.8, 4) is 0 Å². The standard InChI is InChI=1S/C11H9F5N2/c1-6-8(13)2-9-7(10(6)14)3-17-18(9)5-11(15,16)4-12/h2-3H,4-5H2,1H3. The summed E-state index contributed by atoms with van der Waals surface area (Å²) in [6.45, 7) is -1.68. The maximum absolute atomic E-state index is 13.6. The monoisotopic (exact) mass is 264 g/mol. The number of alkyl halides is 3. The van der Waals surface area contributed by atoms with E-state index in [4.69, 9.17) is 0 Å². The van der Waals surface area contributed by atoms with Gasteiger partial charge in [-0.2, -0.15) is 5.10 Å². The van der Waals surface area contributed by atoms with E-state index in [0.717, 1.165) is 12.3 Å². The quantitative estimate of drug-likeness (QED) is 0.778. The highest BCUT2D eigenvalue weighted by molar-refractivity contribution is 5.80. The van der Waals surface area contributed by atoms with E-state index in [2.05, 4.69) is 5.10 Å². The van der Waals surface area contributed by atoms with Crippen molar-refractivity contribution in [3.05, 3.63) is 29.5 Å². The largest absolute Gasteiger partial charge is 0.295 e. The molecule has 0 N–H and O–H groups in total. The highest BCUT2D eigenvalue weighted by atomic mass is 19.3. The van der Waals surface area contributed by atoms with Crippen LogP contribution in [-0.4, -0.2) is 22.4 Å². The van der Waals surface area contributed by atoms with Gasteiger partial charge < -0.3 is 0 Å². The van der Waals surface area contributed by atoms with Gasteiger partial charge in [-0.15, -0.1) is 0 Å². The summed E-state index contributed by atoms with van der Waals surface area (Å²) in [4.78, 5) is 0. The van der Waals surface area contributed by atoms with Crippen LogP contribution in [0.25, 0.3) is 10.9 Å². The van der Waals surface area contributed by atoms with Crippen LogP contribution in [0.4, 0.5) is 22.0 Å². The Labute approximate surface area is 99.0 Å². The third-order valence-corrected chi connectivity index (χ3v) is 2.64. The SMILES string of the molecule is Cc1c(F)cc2c(cnn2CC(F)(F)CF)c1F. The van der Waals surface area contributed by atoms with Gasteiger partial charge in [0.2, 0.25) is 0 Å². The molecular formula is C11H9F5N2. The number of fused-ring (bicyclic) bond motifs is 1. The molecule has 0 spiro atoms. The molecule has 1 heterocycles. The Balaban J connectivity index is 2.55. The first-order valence-electron chi connectivity index (χ1n) is 5.09. The maximum Gasteiger partial charge on any atom is 0.295 e. The van der Waals surface area contributed by atoms with E-state index < -0.39 is 30.8 Å². The van der Waals surface area contributed by atoms with E-state index in [1.807, 2.05) is 0 Å². The Morgan fingerprint density at radius 2 is 2.00 bits per heavy atom. The van der Waals surface area contributed by atoms with Crippen LogP contribution < -0.4 is 0 Å². The van der Waals surface area contributed by atoms with Crippen molar-refractivity contribution in [1.82, 2.24) is 9.78 Å². The second-order valence-electron chi connectivity index (χ2n) is 4.02. The molecule has 1 aromatic carbocycles. The van der Waals surface area contributed by atoms with Gasteiger partial charge >= 0.3 is 0 Å². The zero-order chi connectivity index (χ0) is 13.5. The van der Waals surface area contributed by atoms with Crippen LogP contribution in [0.5, 0.6) is 0 Å². The van der Waals surface area contributed by atoms with Crippen LogP contribution in [0, 0.1) is 18.6 Å². The molecular weight excluding hydrogens is 255 g/mol. The number of halogens is 5. The third kappa shape index (κ3) is 2.04. The van der Waals surface area contributed by atoms with Crippen LogP contribution in [0.2, 0.25) is 0 Å². The molecule has 0 amide bonds. The van der Waals surface area contributed by atoms with Crippen molar-refractivity contribution in [2.24, 2.45) is 0 Å². The fourth-order valence-corrected chi connectivity index (χ4v) is 1.64. The Hall–Kier alpha value is -1.66. The lowest BCUT2D eigenvalue weighted by atomic mass is 10.1. The van der Waals surface area contributed by atoms with Crippen LogP contribution in [0.15, 0.2) is 12.3 Å². The maximum atomic E-state index is 13.6. The summed E-state index contributed by atoms with van der Waals surface area (Å²) in [6.07, 6.45) is 1.02. The molecule has 0 aliphatic carbocycles. The number of hydrogen-bond acceptors (Lipinski definition) is 1. The third-order valence-electron chi connectivity index (χ3n) is 2.64. The second kappa shape index (κ2) is 4.22. The zero-order valence-corrected chi connectivity index (χ0v) is 9.35. The normalized spacial score (nSPS) is 12.3. The van der Waals surface area contributed by atoms with Gasteiger partial charge in [0.15, 0.2) is 6.67 Å². The number of benzene rings is 1. The molecule has 0 radical (unpaired) electrons. The summed E-state index contributed by atoms with van der Waals surface area (Å²) in [5, 5.41) is 3.47. The van der Waals surface area contributed by atoms with Crippen LogP contribution in [0.1, 0.15) is 5.56 Å². The van der Waals surface area contributed by atoms with Gasteiger partial charge in [0.05, 0.1) is 17.1 Å². The summed E-state index contributed by atoms with van der Waals surface area (Å²) in [6, 6.07) is 0.912. The Bertz CT molecular complexity index is 591. The van der Waals surface area contributed by atoms with Crippen LogP contribution >= 0.6 is 0 Å². The number of hydrogen-bond donors (Lipinski definition) is 0. The van der Waals surface area contributed by atoms with E-state index >= 15 is 0 Å². The lowest BCUT2D eigenvalue weighted by Crippen LogP contribution is -2.26. The zero-order valence-electron chi connectivity index (χ0n) is 9.35. The van der Waals surface area contributed by atoms with Crippen molar-refractivity contribution in [3.63, 3.8) is 0 Å². The second-order valence-corrected chi connectivity index (χ2v) is 4.02. The lowest BCUT2D eigenvalue weighted by Gasteiger charge is -2.12. The lowest BCUT2D eigenvalue weighted by molar-refractivity contribution is -0.0393. The van der Waals surface area contributed by atoms with Gasteiger partial charge in [-0.1, -0.05) is 0 Å². The Kier molecular flexibility index (Phi) is 3.00. The van der Waals surface area contributed by atoms with E-state index in [0.29, 0.717) is 4.68 Å². The van der Waals surface area contributed by atoms with E-state index in [1.165, 1.54) is 6.92 Å². The van der Waals surface area contributed by atoms with Crippen LogP contribution in [-0.2, 0) is 6.54 Å². The first-order chi connectivity index (χ1) is 8.35. The summed E-state index contributed by atoms with van der Waals surface area (Å²) in [7, 11) is 0. The molecule has 2 aromatic rings. The smallest absolute Gasteiger partial charge is 0.258 e. The summed E-state index contributed by atoms with van der Waals surface area (Å²) in [5.74, 6) is -5.32. The predicted octanol–water partition coefficient (Wildman–Crippen LogP) is 3.23.